The minimum absolute atomic E-state index is 0.0381. The summed E-state index contributed by atoms with van der Waals surface area (Å²) in [4.78, 5) is 12.0. The lowest BCUT2D eigenvalue weighted by Gasteiger charge is -2.24. The zero-order valence-corrected chi connectivity index (χ0v) is 19.8. The number of halogens is 3. The lowest BCUT2D eigenvalue weighted by molar-refractivity contribution is -0.138. The number of rotatable bonds is 7. The van der Waals surface area contributed by atoms with Crippen LogP contribution in [-0.4, -0.2) is 28.0 Å². The van der Waals surface area contributed by atoms with E-state index in [-0.39, 0.29) is 23.3 Å². The second kappa shape index (κ2) is 10.1. The molecule has 1 aliphatic rings. The molecule has 0 saturated carbocycles. The fraction of sp³-hybridized carbons (Fsp3) is 0.320. The number of sulfonamides is 1. The minimum atomic E-state index is -4.38. The van der Waals surface area contributed by atoms with Gasteiger partial charge in [-0.25, -0.2) is 17.9 Å². The van der Waals surface area contributed by atoms with Gasteiger partial charge in [-0.15, -0.1) is 0 Å². The van der Waals surface area contributed by atoms with Crippen molar-refractivity contribution in [3.63, 3.8) is 0 Å². The molecule has 3 rings (SSSR count). The number of alkyl halides is 3. The van der Waals surface area contributed by atoms with E-state index in [1.54, 1.807) is 30.3 Å². The summed E-state index contributed by atoms with van der Waals surface area (Å²) in [5.41, 5.74) is 1.89. The van der Waals surface area contributed by atoms with Crippen LogP contribution in [0.2, 0.25) is 0 Å². The van der Waals surface area contributed by atoms with Crippen molar-refractivity contribution >= 4 is 16.0 Å². The number of hydrogen-bond acceptors (Lipinski definition) is 4. The van der Waals surface area contributed by atoms with Crippen LogP contribution < -0.4 is 4.72 Å². The molecule has 0 amide bonds. The standard InChI is InChI=1S/C25H26F3NO4S/c1-16-14-22(15-23(17(16)2)24(30)33-3)34(31,32)29-13-12-18-4-6-19(7-5-18)20-8-10-21(11-9-20)25(26,27)28/h4-11,14-17,29H,12-13H2,1-3H3. The number of allylic oxidation sites excluding steroid dienone is 2. The minimum Gasteiger partial charge on any atom is -0.466 e. The van der Waals surface area contributed by atoms with E-state index >= 15 is 0 Å². The fourth-order valence-electron chi connectivity index (χ4n) is 3.68. The van der Waals surface area contributed by atoms with Crippen molar-refractivity contribution < 1.29 is 31.1 Å². The molecule has 0 aromatic heterocycles. The number of carbonyl (C=O) groups is 1. The summed E-state index contributed by atoms with van der Waals surface area (Å²) >= 11 is 0. The molecular weight excluding hydrogens is 467 g/mol. The van der Waals surface area contributed by atoms with Crippen molar-refractivity contribution in [3.05, 3.63) is 82.3 Å². The average molecular weight is 494 g/mol. The number of benzene rings is 2. The van der Waals surface area contributed by atoms with E-state index in [0.29, 0.717) is 17.6 Å². The van der Waals surface area contributed by atoms with Gasteiger partial charge in [0.05, 0.1) is 17.6 Å². The summed E-state index contributed by atoms with van der Waals surface area (Å²) in [6.45, 7) is 3.83. The van der Waals surface area contributed by atoms with Gasteiger partial charge in [0.25, 0.3) is 0 Å². The zero-order chi connectivity index (χ0) is 25.1. The van der Waals surface area contributed by atoms with Crippen molar-refractivity contribution in [1.29, 1.82) is 0 Å². The lowest BCUT2D eigenvalue weighted by Crippen LogP contribution is -2.30. The van der Waals surface area contributed by atoms with Gasteiger partial charge in [-0.1, -0.05) is 56.3 Å². The largest absolute Gasteiger partial charge is 0.466 e. The molecule has 0 saturated heterocycles. The smallest absolute Gasteiger partial charge is 0.416 e. The molecular formula is C25H26F3NO4S. The third kappa shape index (κ3) is 5.95. The van der Waals surface area contributed by atoms with Gasteiger partial charge in [0.2, 0.25) is 10.0 Å². The number of methoxy groups -OCH3 is 1. The Labute approximate surface area is 197 Å². The SMILES string of the molecule is COC(=O)C1=CC(S(=O)(=O)NCCc2ccc(-c3ccc(C(F)(F)F)cc3)cc2)=CC(C)C1C. The number of ether oxygens (including phenoxy) is 1. The number of hydrogen-bond donors (Lipinski definition) is 1. The molecule has 0 spiro atoms. The molecule has 1 aliphatic carbocycles. The van der Waals surface area contributed by atoms with E-state index in [4.69, 9.17) is 4.74 Å². The lowest BCUT2D eigenvalue weighted by atomic mass is 9.85. The molecule has 2 aromatic carbocycles. The first-order valence-electron chi connectivity index (χ1n) is 10.7. The van der Waals surface area contributed by atoms with Crippen molar-refractivity contribution in [3.8, 4) is 11.1 Å². The number of nitrogens with one attached hydrogen (secondary N) is 1. The fourth-order valence-corrected chi connectivity index (χ4v) is 4.89. The van der Waals surface area contributed by atoms with Crippen LogP contribution in [0.1, 0.15) is 25.0 Å². The molecule has 9 heteroatoms. The van der Waals surface area contributed by atoms with Crippen LogP contribution >= 0.6 is 0 Å². The number of esters is 1. The molecule has 0 bridgehead atoms. The normalized spacial score (nSPS) is 18.8. The predicted molar refractivity (Wildman–Crippen MR) is 124 cm³/mol. The van der Waals surface area contributed by atoms with Gasteiger partial charge < -0.3 is 4.74 Å². The second-order valence-corrected chi connectivity index (χ2v) is 9.99. The zero-order valence-electron chi connectivity index (χ0n) is 19.0. The summed E-state index contributed by atoms with van der Waals surface area (Å²) in [5.74, 6) is -0.855. The molecule has 34 heavy (non-hydrogen) atoms. The quantitative estimate of drug-likeness (QED) is 0.545. The summed E-state index contributed by atoms with van der Waals surface area (Å²) in [6, 6.07) is 12.1. The monoisotopic (exact) mass is 493 g/mol. The van der Waals surface area contributed by atoms with E-state index in [9.17, 15) is 26.4 Å². The highest BCUT2D eigenvalue weighted by Crippen LogP contribution is 2.32. The second-order valence-electron chi connectivity index (χ2n) is 8.23. The average Bonchev–Trinajstić information content (AvgIpc) is 2.80. The van der Waals surface area contributed by atoms with Crippen LogP contribution in [0.4, 0.5) is 13.2 Å². The summed E-state index contributed by atoms with van der Waals surface area (Å²) in [6.07, 6.45) is -0.980. The molecule has 0 aliphatic heterocycles. The van der Waals surface area contributed by atoms with Gasteiger partial charge in [0, 0.05) is 12.1 Å². The highest BCUT2D eigenvalue weighted by molar-refractivity contribution is 7.93. The highest BCUT2D eigenvalue weighted by Gasteiger charge is 2.31. The first kappa shape index (κ1) is 25.7. The summed E-state index contributed by atoms with van der Waals surface area (Å²) < 4.78 is 71.0. The van der Waals surface area contributed by atoms with Crippen LogP contribution in [-0.2, 0) is 32.2 Å². The Balaban J connectivity index is 1.63. The maximum Gasteiger partial charge on any atom is 0.416 e. The van der Waals surface area contributed by atoms with Crippen molar-refractivity contribution in [2.45, 2.75) is 26.4 Å². The Bertz CT molecular complexity index is 1200. The molecule has 1 N–H and O–H groups in total. The number of carbonyl (C=O) groups excluding carboxylic acids is 1. The van der Waals surface area contributed by atoms with E-state index < -0.39 is 27.7 Å². The topological polar surface area (TPSA) is 72.5 Å². The maximum absolute atomic E-state index is 12.8. The molecule has 5 nitrogen and oxygen atoms in total. The Kier molecular flexibility index (Phi) is 7.67. The molecule has 2 aromatic rings. The molecule has 0 heterocycles. The van der Waals surface area contributed by atoms with Gasteiger partial charge in [0.15, 0.2) is 0 Å². The van der Waals surface area contributed by atoms with Crippen molar-refractivity contribution in [2.24, 2.45) is 11.8 Å². The van der Waals surface area contributed by atoms with Gasteiger partial charge in [-0.05, 0) is 53.2 Å². The van der Waals surface area contributed by atoms with E-state index in [1.807, 2.05) is 13.8 Å². The highest BCUT2D eigenvalue weighted by atomic mass is 32.2. The first-order chi connectivity index (χ1) is 15.9. The molecule has 182 valence electrons. The Morgan fingerprint density at radius 2 is 1.56 bits per heavy atom. The summed E-state index contributed by atoms with van der Waals surface area (Å²) in [5, 5.41) is 0. The molecule has 2 unspecified atom stereocenters. The van der Waals surface area contributed by atoms with Crippen LogP contribution in [0, 0.1) is 11.8 Å². The molecule has 0 radical (unpaired) electrons. The van der Waals surface area contributed by atoms with Gasteiger partial charge in [-0.3, -0.25) is 0 Å². The van der Waals surface area contributed by atoms with Gasteiger partial charge >= 0.3 is 12.1 Å². The van der Waals surface area contributed by atoms with Crippen LogP contribution in [0.25, 0.3) is 11.1 Å². The van der Waals surface area contributed by atoms with Gasteiger partial charge in [0.1, 0.15) is 0 Å². The van der Waals surface area contributed by atoms with E-state index in [1.165, 1.54) is 25.3 Å². The van der Waals surface area contributed by atoms with Crippen molar-refractivity contribution in [1.82, 2.24) is 4.72 Å². The van der Waals surface area contributed by atoms with Crippen molar-refractivity contribution in [2.75, 3.05) is 13.7 Å². The van der Waals surface area contributed by atoms with E-state index in [2.05, 4.69) is 4.72 Å². The molecule has 0 fully saturated rings. The van der Waals surface area contributed by atoms with Crippen LogP contribution in [0.3, 0.4) is 0 Å². The first-order valence-corrected chi connectivity index (χ1v) is 12.2. The predicted octanol–water partition coefficient (Wildman–Crippen LogP) is 5.10. The van der Waals surface area contributed by atoms with E-state index in [0.717, 1.165) is 23.3 Å². The Morgan fingerprint density at radius 1 is 1.00 bits per heavy atom. The summed E-state index contributed by atoms with van der Waals surface area (Å²) in [7, 11) is -2.56. The van der Waals surface area contributed by atoms with Gasteiger partial charge in [-0.2, -0.15) is 13.2 Å². The third-order valence-electron chi connectivity index (χ3n) is 5.94. The van der Waals surface area contributed by atoms with Crippen LogP contribution in [0.5, 0.6) is 0 Å². The molecule has 2 atom stereocenters. The Hall–Kier alpha value is -2.91. The third-order valence-corrected chi connectivity index (χ3v) is 7.40. The Morgan fingerprint density at radius 3 is 2.09 bits per heavy atom. The van der Waals surface area contributed by atoms with Crippen LogP contribution in [0.15, 0.2) is 71.2 Å². The maximum atomic E-state index is 12.8.